The Kier molecular flexibility index (Phi) is 5.08. The van der Waals surface area contributed by atoms with Gasteiger partial charge in [0, 0.05) is 24.5 Å². The number of aromatic nitrogens is 2. The molecule has 4 nitrogen and oxygen atoms in total. The fourth-order valence-corrected chi connectivity index (χ4v) is 2.65. The number of nitrogens with one attached hydrogen (secondary N) is 2. The van der Waals surface area contributed by atoms with Gasteiger partial charge < -0.3 is 10.6 Å². The van der Waals surface area contributed by atoms with Crippen LogP contribution in [0.2, 0.25) is 10.0 Å². The minimum absolute atomic E-state index is 0.0569. The van der Waals surface area contributed by atoms with Gasteiger partial charge in [-0.15, -0.1) is 0 Å². The van der Waals surface area contributed by atoms with Crippen molar-refractivity contribution in [3.05, 3.63) is 45.7 Å². The number of thiocarbonyl (C=S) groups is 1. The molecule has 1 aromatic carbocycles. The minimum atomic E-state index is 0.0569. The first-order valence-corrected chi connectivity index (χ1v) is 7.56. The van der Waals surface area contributed by atoms with Gasteiger partial charge in [-0.2, -0.15) is 5.10 Å². The van der Waals surface area contributed by atoms with Crippen molar-refractivity contribution in [2.45, 2.75) is 19.9 Å². The Morgan fingerprint density at radius 2 is 2.05 bits per heavy atom. The first kappa shape index (κ1) is 16.1. The number of hydrogen-bond donors (Lipinski definition) is 2. The van der Waals surface area contributed by atoms with Gasteiger partial charge in [0.25, 0.3) is 0 Å². The maximum Gasteiger partial charge on any atom is 0.171 e. The Morgan fingerprint density at radius 3 is 2.62 bits per heavy atom. The van der Waals surface area contributed by atoms with E-state index in [1.807, 2.05) is 33.2 Å². The molecule has 2 N–H and O–H groups in total. The van der Waals surface area contributed by atoms with E-state index in [4.69, 9.17) is 35.4 Å². The fraction of sp³-hybridized carbons (Fsp3) is 0.286. The van der Waals surface area contributed by atoms with Crippen LogP contribution in [0, 0.1) is 6.92 Å². The van der Waals surface area contributed by atoms with Gasteiger partial charge in [-0.05, 0) is 44.3 Å². The zero-order valence-corrected chi connectivity index (χ0v) is 14.3. The lowest BCUT2D eigenvalue weighted by atomic mass is 10.1. The third-order valence-electron chi connectivity index (χ3n) is 3.04. The maximum atomic E-state index is 5.98. The summed E-state index contributed by atoms with van der Waals surface area (Å²) in [5.74, 6) is 0. The van der Waals surface area contributed by atoms with E-state index in [0.717, 1.165) is 16.9 Å². The molecule has 0 saturated heterocycles. The van der Waals surface area contributed by atoms with Gasteiger partial charge in [0.2, 0.25) is 0 Å². The molecule has 112 valence electrons. The molecule has 1 unspecified atom stereocenters. The Hall–Kier alpha value is -1.30. The predicted molar refractivity (Wildman–Crippen MR) is 92.2 cm³/mol. The molecule has 1 atom stereocenters. The van der Waals surface area contributed by atoms with Crippen LogP contribution in [0.5, 0.6) is 0 Å². The van der Waals surface area contributed by atoms with Crippen LogP contribution in [0.1, 0.15) is 24.2 Å². The van der Waals surface area contributed by atoms with E-state index in [-0.39, 0.29) is 6.04 Å². The average Bonchev–Trinajstić information content (AvgIpc) is 2.73. The van der Waals surface area contributed by atoms with Crippen LogP contribution < -0.4 is 10.6 Å². The average molecular weight is 343 g/mol. The van der Waals surface area contributed by atoms with Crippen LogP contribution in [0.4, 0.5) is 5.69 Å². The van der Waals surface area contributed by atoms with Crippen molar-refractivity contribution in [3.8, 4) is 0 Å². The fourth-order valence-electron chi connectivity index (χ4n) is 2.06. The number of anilines is 1. The van der Waals surface area contributed by atoms with Gasteiger partial charge in [-0.1, -0.05) is 23.2 Å². The van der Waals surface area contributed by atoms with Gasteiger partial charge in [0.1, 0.15) is 0 Å². The Bertz CT molecular complexity index is 669. The molecule has 0 aliphatic rings. The third-order valence-corrected chi connectivity index (χ3v) is 4.00. The molecule has 0 spiro atoms. The van der Waals surface area contributed by atoms with E-state index in [9.17, 15) is 0 Å². The summed E-state index contributed by atoms with van der Waals surface area (Å²) in [6.07, 6.45) is 1.98. The number of benzene rings is 1. The lowest BCUT2D eigenvalue weighted by molar-refractivity contribution is 0.715. The second-order valence-electron chi connectivity index (χ2n) is 4.79. The van der Waals surface area contributed by atoms with Crippen molar-refractivity contribution >= 4 is 46.2 Å². The summed E-state index contributed by atoms with van der Waals surface area (Å²) < 4.78 is 1.79. The maximum absolute atomic E-state index is 5.98. The molecule has 7 heteroatoms. The number of hydrogen-bond acceptors (Lipinski definition) is 2. The Labute approximate surface area is 139 Å². The number of rotatable bonds is 3. The topological polar surface area (TPSA) is 41.9 Å². The largest absolute Gasteiger partial charge is 0.356 e. The van der Waals surface area contributed by atoms with Crippen LogP contribution in [0.3, 0.4) is 0 Å². The molecule has 1 aromatic heterocycles. The molecule has 1 heterocycles. The van der Waals surface area contributed by atoms with E-state index < -0.39 is 0 Å². The zero-order valence-electron chi connectivity index (χ0n) is 11.9. The molecule has 2 rings (SSSR count). The second kappa shape index (κ2) is 6.64. The normalized spacial score (nSPS) is 12.0. The summed E-state index contributed by atoms with van der Waals surface area (Å²) >= 11 is 17.2. The van der Waals surface area contributed by atoms with Crippen molar-refractivity contribution < 1.29 is 0 Å². The number of nitrogens with zero attached hydrogens (tertiary/aromatic N) is 2. The predicted octanol–water partition coefficient (Wildman–Crippen LogP) is 4.08. The van der Waals surface area contributed by atoms with Crippen molar-refractivity contribution in [3.63, 3.8) is 0 Å². The van der Waals surface area contributed by atoms with Crippen molar-refractivity contribution in [1.29, 1.82) is 0 Å². The quantitative estimate of drug-likeness (QED) is 0.824. The summed E-state index contributed by atoms with van der Waals surface area (Å²) in [4.78, 5) is 0. The van der Waals surface area contributed by atoms with Gasteiger partial charge in [0.15, 0.2) is 5.11 Å². The highest BCUT2D eigenvalue weighted by molar-refractivity contribution is 7.80. The molecule has 0 saturated carbocycles. The molecular formula is C14H16Cl2N4S. The molecule has 0 aliphatic heterocycles. The first-order valence-electron chi connectivity index (χ1n) is 6.39. The van der Waals surface area contributed by atoms with E-state index in [2.05, 4.69) is 15.7 Å². The van der Waals surface area contributed by atoms with Gasteiger partial charge >= 0.3 is 0 Å². The smallest absolute Gasteiger partial charge is 0.171 e. The summed E-state index contributed by atoms with van der Waals surface area (Å²) in [5.41, 5.74) is 2.88. The molecular weight excluding hydrogens is 327 g/mol. The van der Waals surface area contributed by atoms with Crippen LogP contribution >= 0.6 is 35.4 Å². The molecule has 0 bridgehead atoms. The van der Waals surface area contributed by atoms with Crippen molar-refractivity contribution in [2.24, 2.45) is 7.05 Å². The summed E-state index contributed by atoms with van der Waals surface area (Å²) in [5, 5.41) is 12.2. The van der Waals surface area contributed by atoms with Gasteiger partial charge in [-0.3, -0.25) is 4.68 Å². The van der Waals surface area contributed by atoms with Gasteiger partial charge in [0.05, 0.1) is 21.8 Å². The van der Waals surface area contributed by atoms with Gasteiger partial charge in [-0.25, -0.2) is 0 Å². The van der Waals surface area contributed by atoms with E-state index in [1.165, 1.54) is 0 Å². The second-order valence-corrected chi connectivity index (χ2v) is 6.02. The van der Waals surface area contributed by atoms with Crippen LogP contribution in [0.15, 0.2) is 24.4 Å². The SMILES string of the molecule is Cc1nn(C)cc1C(C)NC(=S)Nc1ccc(Cl)c(Cl)c1. The molecule has 21 heavy (non-hydrogen) atoms. The van der Waals surface area contributed by atoms with E-state index in [1.54, 1.807) is 16.8 Å². The zero-order chi connectivity index (χ0) is 15.6. The molecule has 0 amide bonds. The first-order chi connectivity index (χ1) is 9.86. The number of aryl methyl sites for hydroxylation is 2. The van der Waals surface area contributed by atoms with Crippen LogP contribution in [-0.2, 0) is 7.05 Å². The van der Waals surface area contributed by atoms with Crippen molar-refractivity contribution in [2.75, 3.05) is 5.32 Å². The molecule has 0 radical (unpaired) electrons. The molecule has 0 fully saturated rings. The third kappa shape index (κ3) is 4.09. The van der Waals surface area contributed by atoms with E-state index in [0.29, 0.717) is 15.2 Å². The highest BCUT2D eigenvalue weighted by Crippen LogP contribution is 2.25. The Balaban J connectivity index is 2.01. The monoisotopic (exact) mass is 342 g/mol. The standard InChI is InChI=1S/C14H16Cl2N4S/c1-8(11-7-20(3)19-9(11)2)17-14(21)18-10-4-5-12(15)13(16)6-10/h4-8H,1-3H3,(H2,17,18,21). The highest BCUT2D eigenvalue weighted by atomic mass is 35.5. The van der Waals surface area contributed by atoms with Crippen LogP contribution in [0.25, 0.3) is 0 Å². The summed E-state index contributed by atoms with van der Waals surface area (Å²) in [7, 11) is 1.90. The lowest BCUT2D eigenvalue weighted by Gasteiger charge is -2.16. The Morgan fingerprint density at radius 1 is 1.33 bits per heavy atom. The molecule has 0 aliphatic carbocycles. The highest BCUT2D eigenvalue weighted by Gasteiger charge is 2.12. The lowest BCUT2D eigenvalue weighted by Crippen LogP contribution is -2.31. The minimum Gasteiger partial charge on any atom is -0.356 e. The van der Waals surface area contributed by atoms with E-state index >= 15 is 0 Å². The molecule has 2 aromatic rings. The van der Waals surface area contributed by atoms with Crippen LogP contribution in [-0.4, -0.2) is 14.9 Å². The summed E-state index contributed by atoms with van der Waals surface area (Å²) in [6, 6.07) is 5.34. The summed E-state index contributed by atoms with van der Waals surface area (Å²) in [6.45, 7) is 4.01. The number of halogens is 2. The van der Waals surface area contributed by atoms with Crippen molar-refractivity contribution in [1.82, 2.24) is 15.1 Å².